The highest BCUT2D eigenvalue weighted by atomic mass is 35.5. The molecule has 0 saturated carbocycles. The Morgan fingerprint density at radius 2 is 2.15 bits per heavy atom. The minimum absolute atomic E-state index is 0.00952. The Morgan fingerprint density at radius 1 is 1.50 bits per heavy atom. The van der Waals surface area contributed by atoms with E-state index in [1.54, 1.807) is 6.92 Å². The van der Waals surface area contributed by atoms with Gasteiger partial charge in [-0.15, -0.1) is 0 Å². The molecular formula is C15H19ClN2O2. The van der Waals surface area contributed by atoms with E-state index in [0.717, 1.165) is 16.9 Å². The lowest BCUT2D eigenvalue weighted by Crippen LogP contribution is -2.36. The summed E-state index contributed by atoms with van der Waals surface area (Å²) in [6, 6.07) is 5.55. The number of aliphatic carboxylic acids is 1. The molecule has 108 valence electrons. The summed E-state index contributed by atoms with van der Waals surface area (Å²) in [5.41, 5.74) is 0.800. The van der Waals surface area contributed by atoms with Gasteiger partial charge in [-0.05, 0) is 25.0 Å². The fourth-order valence-electron chi connectivity index (χ4n) is 2.28. The van der Waals surface area contributed by atoms with Gasteiger partial charge < -0.3 is 9.67 Å². The molecule has 20 heavy (non-hydrogen) atoms. The van der Waals surface area contributed by atoms with Crippen LogP contribution in [0, 0.1) is 11.3 Å². The van der Waals surface area contributed by atoms with E-state index in [2.05, 4.69) is 4.98 Å². The molecule has 0 aliphatic heterocycles. The van der Waals surface area contributed by atoms with Gasteiger partial charge in [-0.1, -0.05) is 31.5 Å². The molecule has 4 nitrogen and oxygen atoms in total. The van der Waals surface area contributed by atoms with Crippen molar-refractivity contribution in [3.63, 3.8) is 0 Å². The van der Waals surface area contributed by atoms with Gasteiger partial charge in [0.25, 0.3) is 0 Å². The molecule has 0 aliphatic carbocycles. The van der Waals surface area contributed by atoms with Crippen molar-refractivity contribution in [3.8, 4) is 0 Å². The smallest absolute Gasteiger partial charge is 0.310 e. The van der Waals surface area contributed by atoms with Crippen LogP contribution in [-0.2, 0) is 18.3 Å². The van der Waals surface area contributed by atoms with Gasteiger partial charge in [-0.2, -0.15) is 0 Å². The first kappa shape index (κ1) is 14.9. The van der Waals surface area contributed by atoms with E-state index >= 15 is 0 Å². The van der Waals surface area contributed by atoms with Crippen molar-refractivity contribution in [2.45, 2.75) is 27.2 Å². The molecule has 1 N–H and O–H groups in total. The third-order valence-corrected chi connectivity index (χ3v) is 4.53. The molecule has 0 fully saturated rings. The van der Waals surface area contributed by atoms with Crippen LogP contribution in [0.3, 0.4) is 0 Å². The first-order valence-corrected chi connectivity index (χ1v) is 6.98. The minimum Gasteiger partial charge on any atom is -0.481 e. The van der Waals surface area contributed by atoms with E-state index in [0.29, 0.717) is 11.4 Å². The highest BCUT2D eigenvalue weighted by Crippen LogP contribution is 2.33. The minimum atomic E-state index is -0.846. The average molecular weight is 295 g/mol. The van der Waals surface area contributed by atoms with Crippen molar-refractivity contribution in [1.82, 2.24) is 9.55 Å². The van der Waals surface area contributed by atoms with Crippen LogP contribution in [0.2, 0.25) is 5.02 Å². The van der Waals surface area contributed by atoms with E-state index in [9.17, 15) is 9.90 Å². The maximum absolute atomic E-state index is 11.6. The van der Waals surface area contributed by atoms with E-state index in [-0.39, 0.29) is 5.92 Å². The van der Waals surface area contributed by atoms with E-state index in [1.807, 2.05) is 43.7 Å². The van der Waals surface area contributed by atoms with Crippen LogP contribution in [0.5, 0.6) is 0 Å². The maximum Gasteiger partial charge on any atom is 0.310 e. The summed E-state index contributed by atoms with van der Waals surface area (Å²) in [7, 11) is 1.87. The maximum atomic E-state index is 11.6. The number of aryl methyl sites for hydroxylation is 1. The monoisotopic (exact) mass is 294 g/mol. The number of carboxylic acids is 1. The summed E-state index contributed by atoms with van der Waals surface area (Å²) in [6.45, 7) is 5.61. The molecule has 0 spiro atoms. The largest absolute Gasteiger partial charge is 0.481 e. The summed E-state index contributed by atoms with van der Waals surface area (Å²) in [6.07, 6.45) is 0.376. The standard InChI is InChI=1S/C15H19ClN2O2/c1-9(2)15(3,14(19)20)8-12-17-11-7-5-6-10(16)13(11)18(12)4/h5-7,9H,8H2,1-4H3,(H,19,20). The second-order valence-electron chi connectivity index (χ2n) is 5.75. The lowest BCUT2D eigenvalue weighted by atomic mass is 9.76. The summed E-state index contributed by atoms with van der Waals surface area (Å²) < 4.78 is 1.89. The predicted octanol–water partition coefficient (Wildman–Crippen LogP) is 3.52. The molecule has 0 saturated heterocycles. The Balaban J connectivity index is 2.52. The van der Waals surface area contributed by atoms with Gasteiger partial charge >= 0.3 is 5.97 Å². The molecule has 1 aromatic carbocycles. The third kappa shape index (κ3) is 2.29. The van der Waals surface area contributed by atoms with Gasteiger partial charge in [0.15, 0.2) is 0 Å². The molecule has 1 aromatic heterocycles. The first-order chi connectivity index (χ1) is 9.27. The zero-order chi connectivity index (χ0) is 15.1. The van der Waals surface area contributed by atoms with Gasteiger partial charge in [0.05, 0.1) is 21.5 Å². The fraction of sp³-hybridized carbons (Fsp3) is 0.467. The molecule has 1 atom stereocenters. The molecule has 0 aliphatic rings. The van der Waals surface area contributed by atoms with Crippen LogP contribution >= 0.6 is 11.6 Å². The van der Waals surface area contributed by atoms with Crippen molar-refractivity contribution < 1.29 is 9.90 Å². The van der Waals surface area contributed by atoms with Crippen molar-refractivity contribution in [1.29, 1.82) is 0 Å². The number of fused-ring (bicyclic) bond motifs is 1. The number of hydrogen-bond donors (Lipinski definition) is 1. The van der Waals surface area contributed by atoms with Crippen LogP contribution in [0.4, 0.5) is 0 Å². The van der Waals surface area contributed by atoms with E-state index in [4.69, 9.17) is 11.6 Å². The first-order valence-electron chi connectivity index (χ1n) is 6.60. The molecule has 0 bridgehead atoms. The van der Waals surface area contributed by atoms with Crippen LogP contribution in [0.1, 0.15) is 26.6 Å². The molecule has 0 radical (unpaired) electrons. The number of rotatable bonds is 4. The van der Waals surface area contributed by atoms with Gasteiger partial charge in [-0.3, -0.25) is 4.79 Å². The van der Waals surface area contributed by atoms with Crippen LogP contribution < -0.4 is 0 Å². The Kier molecular flexibility index (Phi) is 3.78. The number of nitrogens with zero attached hydrogens (tertiary/aromatic N) is 2. The number of benzene rings is 1. The summed E-state index contributed by atoms with van der Waals surface area (Å²) in [4.78, 5) is 16.1. The summed E-state index contributed by atoms with van der Waals surface area (Å²) >= 11 is 6.19. The quantitative estimate of drug-likeness (QED) is 0.938. The molecule has 2 rings (SSSR count). The number of halogens is 1. The molecule has 2 aromatic rings. The average Bonchev–Trinajstić information content (AvgIpc) is 2.67. The van der Waals surface area contributed by atoms with Gasteiger partial charge in [0, 0.05) is 13.5 Å². The number of carbonyl (C=O) groups is 1. The van der Waals surface area contributed by atoms with E-state index in [1.165, 1.54) is 0 Å². The van der Waals surface area contributed by atoms with Crippen molar-refractivity contribution >= 4 is 28.6 Å². The third-order valence-electron chi connectivity index (χ3n) is 4.23. The zero-order valence-corrected chi connectivity index (χ0v) is 12.9. The van der Waals surface area contributed by atoms with Crippen LogP contribution in [0.25, 0.3) is 11.0 Å². The van der Waals surface area contributed by atoms with Crippen LogP contribution in [0.15, 0.2) is 18.2 Å². The zero-order valence-electron chi connectivity index (χ0n) is 12.1. The van der Waals surface area contributed by atoms with Crippen molar-refractivity contribution in [2.75, 3.05) is 0 Å². The number of hydrogen-bond acceptors (Lipinski definition) is 2. The molecule has 1 heterocycles. The lowest BCUT2D eigenvalue weighted by molar-refractivity contribution is -0.150. The van der Waals surface area contributed by atoms with Gasteiger partial charge in [0.1, 0.15) is 5.82 Å². The summed E-state index contributed by atoms with van der Waals surface area (Å²) in [5.74, 6) is -0.0485. The lowest BCUT2D eigenvalue weighted by Gasteiger charge is -2.28. The Morgan fingerprint density at radius 3 is 2.65 bits per heavy atom. The van der Waals surface area contributed by atoms with E-state index < -0.39 is 11.4 Å². The topological polar surface area (TPSA) is 55.1 Å². The number of para-hydroxylation sites is 1. The Labute approximate surface area is 123 Å². The van der Waals surface area contributed by atoms with Crippen molar-refractivity contribution in [2.24, 2.45) is 18.4 Å². The molecule has 0 amide bonds. The van der Waals surface area contributed by atoms with Crippen molar-refractivity contribution in [3.05, 3.63) is 29.0 Å². The molecular weight excluding hydrogens is 276 g/mol. The normalized spacial score (nSPS) is 14.7. The predicted molar refractivity (Wildman–Crippen MR) is 80.0 cm³/mol. The van der Waals surface area contributed by atoms with Crippen LogP contribution in [-0.4, -0.2) is 20.6 Å². The number of imidazole rings is 1. The highest BCUT2D eigenvalue weighted by Gasteiger charge is 2.38. The van der Waals surface area contributed by atoms with Gasteiger partial charge in [0.2, 0.25) is 0 Å². The SMILES string of the molecule is CC(C)C(C)(Cc1nc2cccc(Cl)c2n1C)C(=O)O. The second kappa shape index (κ2) is 5.09. The highest BCUT2D eigenvalue weighted by molar-refractivity contribution is 6.35. The second-order valence-corrected chi connectivity index (χ2v) is 6.16. The van der Waals surface area contributed by atoms with Gasteiger partial charge in [-0.25, -0.2) is 4.98 Å². The fourth-order valence-corrected chi connectivity index (χ4v) is 2.58. The summed E-state index contributed by atoms with van der Waals surface area (Å²) in [5, 5.41) is 10.2. The Hall–Kier alpha value is -1.55. The number of carboxylic acid groups (broad SMARTS) is 1. The number of aromatic nitrogens is 2. The molecule has 5 heteroatoms. The molecule has 1 unspecified atom stereocenters. The Bertz CT molecular complexity index is 663.